The van der Waals surface area contributed by atoms with Crippen LogP contribution in [-0.4, -0.2) is 27.5 Å². The lowest BCUT2D eigenvalue weighted by Crippen LogP contribution is -2.27. The Hall–Kier alpha value is -0.580. The van der Waals surface area contributed by atoms with Crippen molar-refractivity contribution < 1.29 is 5.11 Å². The normalized spacial score (nSPS) is 13.0. The van der Waals surface area contributed by atoms with Crippen LogP contribution in [0.1, 0.15) is 38.1 Å². The van der Waals surface area contributed by atoms with Crippen molar-refractivity contribution in [2.45, 2.75) is 45.8 Å². The number of halogens is 1. The zero-order chi connectivity index (χ0) is 12.8. The van der Waals surface area contributed by atoms with Gasteiger partial charge in [0.05, 0.1) is 22.5 Å². The van der Waals surface area contributed by atoms with E-state index in [4.69, 9.17) is 11.6 Å². The van der Waals surface area contributed by atoms with Crippen LogP contribution in [0.15, 0.2) is 0 Å². The molecule has 0 amide bonds. The molecule has 0 saturated heterocycles. The maximum atomic E-state index is 9.60. The molecule has 1 aromatic rings. The molecular formula is C12H22ClN3O. The molecule has 4 nitrogen and oxygen atoms in total. The highest BCUT2D eigenvalue weighted by Gasteiger charge is 2.12. The average molecular weight is 260 g/mol. The summed E-state index contributed by atoms with van der Waals surface area (Å²) in [5, 5.41) is 17.9. The van der Waals surface area contributed by atoms with Gasteiger partial charge in [0.15, 0.2) is 0 Å². The quantitative estimate of drug-likeness (QED) is 0.786. The second kappa shape index (κ2) is 6.99. The van der Waals surface area contributed by atoms with Gasteiger partial charge in [0.2, 0.25) is 0 Å². The molecule has 0 aromatic carbocycles. The van der Waals surface area contributed by atoms with Crippen molar-refractivity contribution >= 4 is 11.6 Å². The Morgan fingerprint density at radius 2 is 2.18 bits per heavy atom. The molecule has 17 heavy (non-hydrogen) atoms. The lowest BCUT2D eigenvalue weighted by molar-refractivity contribution is 0.160. The van der Waals surface area contributed by atoms with E-state index >= 15 is 0 Å². The highest BCUT2D eigenvalue weighted by molar-refractivity contribution is 6.31. The van der Waals surface area contributed by atoms with Crippen molar-refractivity contribution in [3.63, 3.8) is 0 Å². The average Bonchev–Trinajstić information content (AvgIpc) is 2.56. The third kappa shape index (κ3) is 3.98. The number of rotatable bonds is 7. The highest BCUT2D eigenvalue weighted by atomic mass is 35.5. The van der Waals surface area contributed by atoms with Gasteiger partial charge in [-0.3, -0.25) is 4.68 Å². The molecule has 0 aliphatic rings. The van der Waals surface area contributed by atoms with E-state index in [1.807, 2.05) is 14.0 Å². The molecular weight excluding hydrogens is 238 g/mol. The van der Waals surface area contributed by atoms with Gasteiger partial charge in [0, 0.05) is 20.1 Å². The van der Waals surface area contributed by atoms with Crippen LogP contribution < -0.4 is 5.32 Å². The first-order valence-corrected chi connectivity index (χ1v) is 6.56. The summed E-state index contributed by atoms with van der Waals surface area (Å²) in [5.41, 5.74) is 1.91. The minimum absolute atomic E-state index is 0.280. The highest BCUT2D eigenvalue weighted by Crippen LogP contribution is 2.20. The third-order valence-electron chi connectivity index (χ3n) is 2.80. The largest absolute Gasteiger partial charge is 0.392 e. The number of hydrogen-bond acceptors (Lipinski definition) is 3. The molecule has 1 aromatic heterocycles. The van der Waals surface area contributed by atoms with Crippen LogP contribution in [0.25, 0.3) is 0 Å². The molecule has 0 radical (unpaired) electrons. The monoisotopic (exact) mass is 259 g/mol. The summed E-state index contributed by atoms with van der Waals surface area (Å²) in [5.74, 6) is 0. The minimum atomic E-state index is -0.280. The van der Waals surface area contributed by atoms with E-state index in [0.29, 0.717) is 13.1 Å². The van der Waals surface area contributed by atoms with E-state index in [-0.39, 0.29) is 6.10 Å². The van der Waals surface area contributed by atoms with E-state index in [9.17, 15) is 5.11 Å². The summed E-state index contributed by atoms with van der Waals surface area (Å²) in [7, 11) is 1.89. The van der Waals surface area contributed by atoms with Gasteiger partial charge in [-0.2, -0.15) is 5.10 Å². The van der Waals surface area contributed by atoms with Gasteiger partial charge in [0.25, 0.3) is 0 Å². The molecule has 5 heteroatoms. The number of aliphatic hydroxyl groups is 1. The van der Waals surface area contributed by atoms with Gasteiger partial charge in [-0.1, -0.05) is 31.9 Å². The first kappa shape index (κ1) is 14.5. The second-order valence-corrected chi connectivity index (χ2v) is 4.64. The number of aromatic nitrogens is 2. The molecule has 0 bridgehead atoms. The summed E-state index contributed by atoms with van der Waals surface area (Å²) in [6.45, 7) is 5.34. The van der Waals surface area contributed by atoms with Crippen LogP contribution in [0.2, 0.25) is 5.02 Å². The summed E-state index contributed by atoms with van der Waals surface area (Å²) in [6, 6.07) is 0. The summed E-state index contributed by atoms with van der Waals surface area (Å²) in [6.07, 6.45) is 2.38. The topological polar surface area (TPSA) is 50.1 Å². The Balaban J connectivity index is 2.49. The van der Waals surface area contributed by atoms with Crippen LogP contribution in [0.3, 0.4) is 0 Å². The van der Waals surface area contributed by atoms with E-state index < -0.39 is 0 Å². The fourth-order valence-electron chi connectivity index (χ4n) is 1.80. The van der Waals surface area contributed by atoms with Crippen molar-refractivity contribution in [1.29, 1.82) is 0 Å². The zero-order valence-electron chi connectivity index (χ0n) is 10.8. The van der Waals surface area contributed by atoms with E-state index in [1.165, 1.54) is 0 Å². The van der Waals surface area contributed by atoms with Crippen molar-refractivity contribution in [2.75, 3.05) is 6.54 Å². The molecule has 1 atom stereocenters. The standard InChI is InChI=1S/C12H22ClN3O/c1-4-6-9(17)7-14-8-11-12(13)10(5-2)15-16(11)3/h9,14,17H,4-8H2,1-3H3. The predicted octanol–water partition coefficient (Wildman–Crippen LogP) is 1.89. The molecule has 0 fully saturated rings. The van der Waals surface area contributed by atoms with Crippen molar-refractivity contribution in [3.8, 4) is 0 Å². The van der Waals surface area contributed by atoms with Gasteiger partial charge in [-0.25, -0.2) is 0 Å². The molecule has 0 spiro atoms. The number of aryl methyl sites for hydroxylation is 2. The Kier molecular flexibility index (Phi) is 5.95. The Labute approximate surface area is 108 Å². The molecule has 1 rings (SSSR count). The van der Waals surface area contributed by atoms with Gasteiger partial charge in [0.1, 0.15) is 0 Å². The van der Waals surface area contributed by atoms with Gasteiger partial charge in [-0.05, 0) is 12.8 Å². The van der Waals surface area contributed by atoms with Crippen LogP contribution in [-0.2, 0) is 20.0 Å². The van der Waals surface area contributed by atoms with Crippen LogP contribution in [0, 0.1) is 0 Å². The minimum Gasteiger partial charge on any atom is -0.392 e. The van der Waals surface area contributed by atoms with Crippen molar-refractivity contribution in [2.24, 2.45) is 7.05 Å². The first-order chi connectivity index (χ1) is 8.10. The lowest BCUT2D eigenvalue weighted by Gasteiger charge is -2.10. The zero-order valence-corrected chi connectivity index (χ0v) is 11.6. The van der Waals surface area contributed by atoms with Crippen LogP contribution in [0.4, 0.5) is 0 Å². The number of nitrogens with zero attached hydrogens (tertiary/aromatic N) is 2. The van der Waals surface area contributed by atoms with Crippen LogP contribution >= 0.6 is 11.6 Å². The molecule has 0 saturated carbocycles. The first-order valence-electron chi connectivity index (χ1n) is 6.19. The molecule has 0 aliphatic heterocycles. The number of nitrogens with one attached hydrogen (secondary N) is 1. The summed E-state index contributed by atoms with van der Waals surface area (Å²) < 4.78 is 1.81. The molecule has 2 N–H and O–H groups in total. The maximum Gasteiger partial charge on any atom is 0.0863 e. The van der Waals surface area contributed by atoms with Gasteiger partial charge >= 0.3 is 0 Å². The summed E-state index contributed by atoms with van der Waals surface area (Å²) >= 11 is 6.22. The Morgan fingerprint density at radius 1 is 1.47 bits per heavy atom. The van der Waals surface area contributed by atoms with Gasteiger partial charge < -0.3 is 10.4 Å². The van der Waals surface area contributed by atoms with E-state index in [2.05, 4.69) is 17.3 Å². The third-order valence-corrected chi connectivity index (χ3v) is 3.23. The fourth-order valence-corrected chi connectivity index (χ4v) is 2.16. The van der Waals surface area contributed by atoms with Crippen molar-refractivity contribution in [3.05, 3.63) is 16.4 Å². The molecule has 1 heterocycles. The summed E-state index contributed by atoms with van der Waals surface area (Å²) in [4.78, 5) is 0. The number of aliphatic hydroxyl groups excluding tert-OH is 1. The Morgan fingerprint density at radius 3 is 2.71 bits per heavy atom. The maximum absolute atomic E-state index is 9.60. The van der Waals surface area contributed by atoms with Crippen molar-refractivity contribution in [1.82, 2.24) is 15.1 Å². The second-order valence-electron chi connectivity index (χ2n) is 4.26. The van der Waals surface area contributed by atoms with Crippen LogP contribution in [0.5, 0.6) is 0 Å². The van der Waals surface area contributed by atoms with E-state index in [0.717, 1.165) is 35.7 Å². The smallest absolute Gasteiger partial charge is 0.0863 e. The van der Waals surface area contributed by atoms with Gasteiger partial charge in [-0.15, -0.1) is 0 Å². The lowest BCUT2D eigenvalue weighted by atomic mass is 10.2. The molecule has 98 valence electrons. The fraction of sp³-hybridized carbons (Fsp3) is 0.750. The number of hydrogen-bond donors (Lipinski definition) is 2. The van der Waals surface area contributed by atoms with E-state index in [1.54, 1.807) is 4.68 Å². The SMILES string of the molecule is CCCC(O)CNCc1c(Cl)c(CC)nn1C. The molecule has 0 aliphatic carbocycles. The Bertz CT molecular complexity index is 352. The predicted molar refractivity (Wildman–Crippen MR) is 70.2 cm³/mol. The molecule has 1 unspecified atom stereocenters.